The quantitative estimate of drug-likeness (QED) is 0.115. The molecular formula is C30H50O5. The van der Waals surface area contributed by atoms with Crippen molar-refractivity contribution in [3.8, 4) is 0 Å². The molecule has 5 nitrogen and oxygen atoms in total. The lowest BCUT2D eigenvalue weighted by atomic mass is 10.1. The van der Waals surface area contributed by atoms with Crippen LogP contribution in [0.2, 0.25) is 0 Å². The van der Waals surface area contributed by atoms with Crippen LogP contribution < -0.4 is 0 Å². The van der Waals surface area contributed by atoms with Crippen molar-refractivity contribution in [1.82, 2.24) is 0 Å². The molecule has 0 heterocycles. The van der Waals surface area contributed by atoms with Gasteiger partial charge in [-0.1, -0.05) is 121 Å². The third kappa shape index (κ3) is 19.0. The second-order valence-corrected chi connectivity index (χ2v) is 9.54. The highest BCUT2D eigenvalue weighted by Crippen LogP contribution is 2.12. The summed E-state index contributed by atoms with van der Waals surface area (Å²) < 4.78 is 16.8. The number of hydrogen-bond donors (Lipinski definition) is 0. The van der Waals surface area contributed by atoms with E-state index in [0.717, 1.165) is 37.7 Å². The minimum atomic E-state index is -0.575. The van der Waals surface area contributed by atoms with Gasteiger partial charge < -0.3 is 14.2 Å². The summed E-state index contributed by atoms with van der Waals surface area (Å²) in [6.45, 7) is 5.11. The molecule has 35 heavy (non-hydrogen) atoms. The maximum Gasteiger partial charge on any atom is 0.306 e. The molecule has 0 aliphatic carbocycles. The average Bonchev–Trinajstić information content (AvgIpc) is 2.86. The summed E-state index contributed by atoms with van der Waals surface area (Å²) in [6, 6.07) is 9.87. The molecular weight excluding hydrogens is 440 g/mol. The molecule has 0 spiro atoms. The molecule has 0 aliphatic rings. The van der Waals surface area contributed by atoms with E-state index in [1.54, 1.807) is 0 Å². The molecule has 0 amide bonds. The van der Waals surface area contributed by atoms with Gasteiger partial charge in [0, 0.05) is 12.8 Å². The van der Waals surface area contributed by atoms with Gasteiger partial charge in [0.15, 0.2) is 6.10 Å². The van der Waals surface area contributed by atoms with Crippen molar-refractivity contribution in [1.29, 1.82) is 0 Å². The smallest absolute Gasteiger partial charge is 0.306 e. The third-order valence-corrected chi connectivity index (χ3v) is 6.11. The first-order chi connectivity index (χ1) is 17.2. The first-order valence-corrected chi connectivity index (χ1v) is 14.1. The van der Waals surface area contributed by atoms with E-state index in [1.165, 1.54) is 57.8 Å². The van der Waals surface area contributed by atoms with E-state index >= 15 is 0 Å². The average molecular weight is 491 g/mol. The minimum Gasteiger partial charge on any atom is -0.462 e. The van der Waals surface area contributed by atoms with Crippen LogP contribution in [0.4, 0.5) is 0 Å². The van der Waals surface area contributed by atoms with E-state index in [-0.39, 0.29) is 25.2 Å². The van der Waals surface area contributed by atoms with Gasteiger partial charge in [-0.15, -0.1) is 0 Å². The predicted molar refractivity (Wildman–Crippen MR) is 142 cm³/mol. The Balaban J connectivity index is 2.32. The Hall–Kier alpha value is -1.88. The Morgan fingerprint density at radius 1 is 0.657 bits per heavy atom. The summed E-state index contributed by atoms with van der Waals surface area (Å²) >= 11 is 0. The van der Waals surface area contributed by atoms with Gasteiger partial charge in [-0.2, -0.15) is 0 Å². The molecule has 5 heteroatoms. The van der Waals surface area contributed by atoms with Crippen molar-refractivity contribution in [2.45, 2.75) is 129 Å². The molecule has 0 saturated carbocycles. The molecule has 0 radical (unpaired) electrons. The molecule has 1 atom stereocenters. The number of hydrogen-bond acceptors (Lipinski definition) is 5. The van der Waals surface area contributed by atoms with Crippen molar-refractivity contribution in [3.63, 3.8) is 0 Å². The van der Waals surface area contributed by atoms with E-state index in [1.807, 2.05) is 30.3 Å². The van der Waals surface area contributed by atoms with Gasteiger partial charge in [-0.25, -0.2) is 0 Å². The third-order valence-electron chi connectivity index (χ3n) is 6.11. The first kappa shape index (κ1) is 31.2. The second-order valence-electron chi connectivity index (χ2n) is 9.54. The van der Waals surface area contributed by atoms with Crippen molar-refractivity contribution in [3.05, 3.63) is 35.9 Å². The standard InChI is InChI=1S/C30H50O5/c1-3-5-7-9-11-13-18-22-29(31)34-26-28(25-33-24-27-20-16-15-17-21-27)35-30(32)23-19-14-12-10-8-6-4-2/h15-17,20-21,28H,3-14,18-19,22-26H2,1-2H3/t28-/m1/s1. The van der Waals surface area contributed by atoms with Crippen molar-refractivity contribution in [2.75, 3.05) is 13.2 Å². The Bertz CT molecular complexity index is 631. The topological polar surface area (TPSA) is 61.8 Å². The van der Waals surface area contributed by atoms with Gasteiger partial charge in [0.05, 0.1) is 13.2 Å². The fraction of sp³-hybridized carbons (Fsp3) is 0.733. The van der Waals surface area contributed by atoms with Gasteiger partial charge in [0.1, 0.15) is 6.61 Å². The number of carbonyl (C=O) groups excluding carboxylic acids is 2. The zero-order chi connectivity index (χ0) is 25.4. The Kier molecular flexibility index (Phi) is 20.1. The maximum atomic E-state index is 12.4. The van der Waals surface area contributed by atoms with E-state index < -0.39 is 6.10 Å². The van der Waals surface area contributed by atoms with Gasteiger partial charge in [-0.05, 0) is 18.4 Å². The molecule has 0 saturated heterocycles. The van der Waals surface area contributed by atoms with Crippen LogP contribution in [0.1, 0.15) is 122 Å². The van der Waals surface area contributed by atoms with Crippen LogP contribution in [-0.4, -0.2) is 31.3 Å². The largest absolute Gasteiger partial charge is 0.462 e. The Morgan fingerprint density at radius 2 is 1.17 bits per heavy atom. The van der Waals surface area contributed by atoms with E-state index in [4.69, 9.17) is 14.2 Å². The monoisotopic (exact) mass is 490 g/mol. The molecule has 0 unspecified atom stereocenters. The van der Waals surface area contributed by atoms with Gasteiger partial charge in [0.2, 0.25) is 0 Å². The van der Waals surface area contributed by atoms with Crippen molar-refractivity contribution in [2.24, 2.45) is 0 Å². The summed E-state index contributed by atoms with van der Waals surface area (Å²) in [5.41, 5.74) is 1.05. The highest BCUT2D eigenvalue weighted by atomic mass is 16.6. The molecule has 1 aromatic carbocycles. The summed E-state index contributed by atoms with van der Waals surface area (Å²) in [5, 5.41) is 0. The predicted octanol–water partition coefficient (Wildman–Crippen LogP) is 7.94. The highest BCUT2D eigenvalue weighted by molar-refractivity contribution is 5.70. The first-order valence-electron chi connectivity index (χ1n) is 14.1. The Morgan fingerprint density at radius 3 is 1.74 bits per heavy atom. The summed E-state index contributed by atoms with van der Waals surface area (Å²) in [6.07, 6.45) is 16.4. The molecule has 0 aliphatic heterocycles. The fourth-order valence-electron chi connectivity index (χ4n) is 3.95. The number of rotatable bonds is 23. The number of carbonyl (C=O) groups is 2. The molecule has 0 fully saturated rings. The normalized spacial score (nSPS) is 11.8. The second kappa shape index (κ2) is 22.6. The number of benzene rings is 1. The molecule has 0 aromatic heterocycles. The lowest BCUT2D eigenvalue weighted by Crippen LogP contribution is -2.29. The van der Waals surface area contributed by atoms with Crippen LogP contribution in [0.3, 0.4) is 0 Å². The highest BCUT2D eigenvalue weighted by Gasteiger charge is 2.17. The zero-order valence-electron chi connectivity index (χ0n) is 22.4. The molecule has 1 aromatic rings. The molecule has 200 valence electrons. The van der Waals surface area contributed by atoms with Crippen LogP contribution in [0.5, 0.6) is 0 Å². The van der Waals surface area contributed by atoms with Crippen LogP contribution >= 0.6 is 0 Å². The summed E-state index contributed by atoms with van der Waals surface area (Å²) in [4.78, 5) is 24.5. The lowest BCUT2D eigenvalue weighted by Gasteiger charge is -2.18. The van der Waals surface area contributed by atoms with Gasteiger partial charge in [0.25, 0.3) is 0 Å². The zero-order valence-corrected chi connectivity index (χ0v) is 22.4. The van der Waals surface area contributed by atoms with E-state index in [9.17, 15) is 9.59 Å². The SMILES string of the molecule is CCCCCCCCCC(=O)OC[C@@H](COCc1ccccc1)OC(=O)CCCCCCCCC. The summed E-state index contributed by atoms with van der Waals surface area (Å²) in [7, 11) is 0. The van der Waals surface area contributed by atoms with Crippen LogP contribution in [0.15, 0.2) is 30.3 Å². The molecule has 0 bridgehead atoms. The maximum absolute atomic E-state index is 12.4. The minimum absolute atomic E-state index is 0.0485. The Labute approximate surface area is 214 Å². The van der Waals surface area contributed by atoms with Gasteiger partial charge in [-0.3, -0.25) is 9.59 Å². The number of esters is 2. The lowest BCUT2D eigenvalue weighted by molar-refractivity contribution is -0.163. The molecule has 1 rings (SSSR count). The number of unbranched alkanes of at least 4 members (excludes halogenated alkanes) is 12. The van der Waals surface area contributed by atoms with Crippen molar-refractivity contribution < 1.29 is 23.8 Å². The van der Waals surface area contributed by atoms with Gasteiger partial charge >= 0.3 is 11.9 Å². The van der Waals surface area contributed by atoms with Crippen LogP contribution in [0, 0.1) is 0 Å². The van der Waals surface area contributed by atoms with Crippen LogP contribution in [-0.2, 0) is 30.4 Å². The number of ether oxygens (including phenoxy) is 3. The van der Waals surface area contributed by atoms with E-state index in [0.29, 0.717) is 19.4 Å². The van der Waals surface area contributed by atoms with E-state index in [2.05, 4.69) is 13.8 Å². The molecule has 0 N–H and O–H groups in total. The fourth-order valence-corrected chi connectivity index (χ4v) is 3.95. The van der Waals surface area contributed by atoms with Crippen LogP contribution in [0.25, 0.3) is 0 Å². The summed E-state index contributed by atoms with van der Waals surface area (Å²) in [5.74, 6) is -0.468. The van der Waals surface area contributed by atoms with Crippen molar-refractivity contribution >= 4 is 11.9 Å².